The summed E-state index contributed by atoms with van der Waals surface area (Å²) >= 11 is 0. The number of aryl methyl sites for hydroxylation is 1. The fourth-order valence-corrected chi connectivity index (χ4v) is 2.62. The molecule has 0 saturated heterocycles. The zero-order valence-electron chi connectivity index (χ0n) is 13.4. The lowest BCUT2D eigenvalue weighted by Gasteiger charge is -2.05. The molecule has 0 amide bonds. The maximum atomic E-state index is 13.0. The van der Waals surface area contributed by atoms with Gasteiger partial charge in [0.25, 0.3) is 0 Å². The van der Waals surface area contributed by atoms with Crippen LogP contribution in [0, 0.1) is 5.82 Å². The summed E-state index contributed by atoms with van der Waals surface area (Å²) in [5.41, 5.74) is 3.78. The molecule has 0 bridgehead atoms. The van der Waals surface area contributed by atoms with Gasteiger partial charge in [-0.3, -0.25) is 4.57 Å². The van der Waals surface area contributed by atoms with E-state index in [2.05, 4.69) is 10.4 Å². The molecule has 25 heavy (non-hydrogen) atoms. The average molecular weight is 338 g/mol. The molecule has 0 saturated carbocycles. The summed E-state index contributed by atoms with van der Waals surface area (Å²) in [6.45, 7) is 0.519. The van der Waals surface area contributed by atoms with E-state index in [1.54, 1.807) is 29.9 Å². The van der Waals surface area contributed by atoms with Gasteiger partial charge in [-0.05, 0) is 48.5 Å². The normalized spacial score (nSPS) is 11.1. The molecular formula is C18H15FN4O2. The fraction of sp³-hybridized carbons (Fsp3) is 0.111. The molecule has 6 nitrogen and oxygen atoms in total. The molecular weight excluding hydrogens is 323 g/mol. The number of benzene rings is 2. The van der Waals surface area contributed by atoms with Gasteiger partial charge in [0, 0.05) is 18.9 Å². The molecule has 0 aliphatic heterocycles. The second kappa shape index (κ2) is 5.94. The highest BCUT2D eigenvalue weighted by Crippen LogP contribution is 2.18. The van der Waals surface area contributed by atoms with E-state index < -0.39 is 0 Å². The van der Waals surface area contributed by atoms with Crippen LogP contribution in [-0.4, -0.2) is 14.3 Å². The average Bonchev–Trinajstić information content (AvgIpc) is 3.19. The van der Waals surface area contributed by atoms with Crippen molar-refractivity contribution in [3.05, 3.63) is 76.8 Å². The number of nitrogens with one attached hydrogen (secondary N) is 1. The SMILES string of the molecule is Cn1c(=O)oc2ccc(NCc3ccn(-c4ccc(F)cc4)n3)cc21. The van der Waals surface area contributed by atoms with Gasteiger partial charge < -0.3 is 9.73 Å². The minimum Gasteiger partial charge on any atom is -0.408 e. The van der Waals surface area contributed by atoms with Gasteiger partial charge in [0.05, 0.1) is 23.4 Å². The zero-order chi connectivity index (χ0) is 17.4. The summed E-state index contributed by atoms with van der Waals surface area (Å²) < 4.78 is 21.3. The molecule has 7 heteroatoms. The van der Waals surface area contributed by atoms with Crippen LogP contribution in [0.15, 0.2) is 63.9 Å². The number of rotatable bonds is 4. The standard InChI is InChI=1S/C18H15FN4O2/c1-22-16-10-13(4-7-17(16)25-18(22)24)20-11-14-8-9-23(21-14)15-5-2-12(19)3-6-15/h2-10,20H,11H2,1H3. The predicted octanol–water partition coefficient (Wildman–Crippen LogP) is 3.07. The fourth-order valence-electron chi connectivity index (χ4n) is 2.62. The first-order chi connectivity index (χ1) is 12.1. The van der Waals surface area contributed by atoms with Gasteiger partial charge in [0.2, 0.25) is 0 Å². The topological polar surface area (TPSA) is 65.0 Å². The molecule has 0 spiro atoms. The smallest absolute Gasteiger partial charge is 0.408 e. The summed E-state index contributed by atoms with van der Waals surface area (Å²) in [5.74, 6) is -0.660. The van der Waals surface area contributed by atoms with Crippen LogP contribution < -0.4 is 11.1 Å². The van der Waals surface area contributed by atoms with Gasteiger partial charge >= 0.3 is 5.76 Å². The van der Waals surface area contributed by atoms with Crippen LogP contribution in [0.4, 0.5) is 10.1 Å². The Morgan fingerprint density at radius 3 is 2.76 bits per heavy atom. The van der Waals surface area contributed by atoms with Crippen molar-refractivity contribution in [1.82, 2.24) is 14.3 Å². The Hall–Kier alpha value is -3.35. The molecule has 2 heterocycles. The van der Waals surface area contributed by atoms with Crippen molar-refractivity contribution in [2.24, 2.45) is 7.05 Å². The lowest BCUT2D eigenvalue weighted by atomic mass is 10.2. The third kappa shape index (κ3) is 2.91. The van der Waals surface area contributed by atoms with E-state index in [0.717, 1.165) is 22.6 Å². The highest BCUT2D eigenvalue weighted by molar-refractivity contribution is 5.77. The zero-order valence-corrected chi connectivity index (χ0v) is 13.4. The molecule has 1 N–H and O–H groups in total. The van der Waals surface area contributed by atoms with E-state index in [1.807, 2.05) is 24.4 Å². The molecule has 126 valence electrons. The minimum absolute atomic E-state index is 0.276. The van der Waals surface area contributed by atoms with Gasteiger partial charge in [-0.1, -0.05) is 0 Å². The molecule has 2 aromatic carbocycles. The highest BCUT2D eigenvalue weighted by Gasteiger charge is 2.07. The lowest BCUT2D eigenvalue weighted by molar-refractivity contribution is 0.528. The first kappa shape index (κ1) is 15.2. The van der Waals surface area contributed by atoms with Gasteiger partial charge in [0.15, 0.2) is 5.58 Å². The van der Waals surface area contributed by atoms with Crippen molar-refractivity contribution in [2.45, 2.75) is 6.54 Å². The van der Waals surface area contributed by atoms with Gasteiger partial charge in [-0.25, -0.2) is 13.9 Å². The van der Waals surface area contributed by atoms with Crippen LogP contribution in [0.3, 0.4) is 0 Å². The first-order valence-corrected chi connectivity index (χ1v) is 7.74. The van der Waals surface area contributed by atoms with Crippen LogP contribution in [0.2, 0.25) is 0 Å². The molecule has 0 radical (unpaired) electrons. The maximum Gasteiger partial charge on any atom is 0.419 e. The number of nitrogens with zero attached hydrogens (tertiary/aromatic N) is 3. The first-order valence-electron chi connectivity index (χ1n) is 7.74. The van der Waals surface area contributed by atoms with Crippen LogP contribution in [0.5, 0.6) is 0 Å². The Bertz CT molecular complexity index is 1090. The quantitative estimate of drug-likeness (QED) is 0.621. The van der Waals surface area contributed by atoms with E-state index in [4.69, 9.17) is 4.42 Å². The van der Waals surface area contributed by atoms with Crippen LogP contribution in [0.1, 0.15) is 5.69 Å². The Morgan fingerprint density at radius 1 is 1.16 bits per heavy atom. The summed E-state index contributed by atoms with van der Waals surface area (Å²) in [5, 5.41) is 7.74. The minimum atomic E-state index is -0.384. The number of oxazole rings is 1. The monoisotopic (exact) mass is 338 g/mol. The van der Waals surface area contributed by atoms with E-state index in [-0.39, 0.29) is 11.6 Å². The van der Waals surface area contributed by atoms with E-state index in [1.165, 1.54) is 16.7 Å². The Morgan fingerprint density at radius 2 is 1.96 bits per heavy atom. The van der Waals surface area contributed by atoms with Crippen molar-refractivity contribution < 1.29 is 8.81 Å². The Labute approximate surface area is 142 Å². The highest BCUT2D eigenvalue weighted by atomic mass is 19.1. The van der Waals surface area contributed by atoms with Crippen LogP contribution >= 0.6 is 0 Å². The molecule has 0 aliphatic rings. The third-order valence-electron chi connectivity index (χ3n) is 4.00. The molecule has 2 aromatic heterocycles. The van der Waals surface area contributed by atoms with E-state index in [9.17, 15) is 9.18 Å². The van der Waals surface area contributed by atoms with Gasteiger partial charge in [-0.15, -0.1) is 0 Å². The van der Waals surface area contributed by atoms with Crippen molar-refractivity contribution in [1.29, 1.82) is 0 Å². The molecule has 0 aliphatic carbocycles. The molecule has 4 aromatic rings. The molecule has 0 unspecified atom stereocenters. The summed E-state index contributed by atoms with van der Waals surface area (Å²) in [6.07, 6.45) is 1.83. The van der Waals surface area contributed by atoms with Crippen LogP contribution in [-0.2, 0) is 13.6 Å². The lowest BCUT2D eigenvalue weighted by Crippen LogP contribution is -2.08. The van der Waals surface area contributed by atoms with E-state index in [0.29, 0.717) is 12.1 Å². The number of hydrogen-bond donors (Lipinski definition) is 1. The van der Waals surface area contributed by atoms with Gasteiger partial charge in [-0.2, -0.15) is 5.10 Å². The van der Waals surface area contributed by atoms with Crippen molar-refractivity contribution in [3.63, 3.8) is 0 Å². The summed E-state index contributed by atoms with van der Waals surface area (Å²) in [7, 11) is 1.67. The van der Waals surface area contributed by atoms with Crippen molar-refractivity contribution in [2.75, 3.05) is 5.32 Å². The Balaban J connectivity index is 1.51. The Kier molecular flexibility index (Phi) is 3.61. The second-order valence-electron chi connectivity index (χ2n) is 5.69. The number of aromatic nitrogens is 3. The second-order valence-corrected chi connectivity index (χ2v) is 5.69. The summed E-state index contributed by atoms with van der Waals surface area (Å²) in [6, 6.07) is 13.5. The number of halogens is 1. The van der Waals surface area contributed by atoms with E-state index >= 15 is 0 Å². The van der Waals surface area contributed by atoms with Crippen LogP contribution in [0.25, 0.3) is 16.8 Å². The maximum absolute atomic E-state index is 13.0. The molecule has 0 fully saturated rings. The number of hydrogen-bond acceptors (Lipinski definition) is 4. The number of fused-ring (bicyclic) bond motifs is 1. The largest absolute Gasteiger partial charge is 0.419 e. The molecule has 0 atom stereocenters. The summed E-state index contributed by atoms with van der Waals surface area (Å²) in [4.78, 5) is 11.5. The number of anilines is 1. The van der Waals surface area contributed by atoms with Crippen molar-refractivity contribution >= 4 is 16.8 Å². The van der Waals surface area contributed by atoms with Gasteiger partial charge in [0.1, 0.15) is 5.82 Å². The predicted molar refractivity (Wildman–Crippen MR) is 92.3 cm³/mol. The van der Waals surface area contributed by atoms with Crippen molar-refractivity contribution in [3.8, 4) is 5.69 Å². The third-order valence-corrected chi connectivity index (χ3v) is 4.00. The molecule has 4 rings (SSSR count).